The van der Waals surface area contributed by atoms with Gasteiger partial charge in [0.1, 0.15) is 35.7 Å². The average Bonchev–Trinajstić information content (AvgIpc) is 3.25. The van der Waals surface area contributed by atoms with Crippen molar-refractivity contribution in [2.24, 2.45) is 0 Å². The predicted octanol–water partition coefficient (Wildman–Crippen LogP) is 4.84. The Labute approximate surface area is 183 Å². The van der Waals surface area contributed by atoms with E-state index in [1.165, 1.54) is 0 Å². The third kappa shape index (κ3) is 3.34. The second kappa shape index (κ2) is 7.93. The van der Waals surface area contributed by atoms with Crippen molar-refractivity contribution < 1.29 is 19.4 Å². The number of imidazole rings is 1. The van der Waals surface area contributed by atoms with Gasteiger partial charge in [-0.1, -0.05) is 48.5 Å². The molecule has 0 fully saturated rings. The maximum atomic E-state index is 13.1. The van der Waals surface area contributed by atoms with E-state index >= 15 is 0 Å². The predicted molar refractivity (Wildman–Crippen MR) is 117 cm³/mol. The number of nitriles is 1. The molecule has 5 rings (SSSR count). The van der Waals surface area contributed by atoms with Gasteiger partial charge < -0.3 is 19.6 Å². The summed E-state index contributed by atoms with van der Waals surface area (Å²) < 4.78 is 11.3. The molecule has 0 radical (unpaired) electrons. The van der Waals surface area contributed by atoms with E-state index in [0.717, 1.165) is 5.52 Å². The van der Waals surface area contributed by atoms with Crippen LogP contribution in [0.25, 0.3) is 16.6 Å². The van der Waals surface area contributed by atoms with Crippen LogP contribution in [0.1, 0.15) is 22.9 Å². The van der Waals surface area contributed by atoms with Crippen LogP contribution in [0.2, 0.25) is 0 Å². The highest BCUT2D eigenvalue weighted by Gasteiger charge is 2.33. The molecule has 0 saturated heterocycles. The maximum Gasteiger partial charge on any atom is 0.318 e. The molecule has 0 aliphatic carbocycles. The fourth-order valence-corrected chi connectivity index (χ4v) is 3.78. The number of rotatable bonds is 4. The van der Waals surface area contributed by atoms with E-state index in [-0.39, 0.29) is 17.2 Å². The van der Waals surface area contributed by atoms with Crippen LogP contribution in [-0.4, -0.2) is 27.7 Å². The number of benzene rings is 3. The van der Waals surface area contributed by atoms with Gasteiger partial charge in [0.25, 0.3) is 0 Å². The van der Waals surface area contributed by atoms with Crippen molar-refractivity contribution in [2.45, 2.75) is 5.92 Å². The fourth-order valence-electron chi connectivity index (χ4n) is 3.78. The first-order valence-electron chi connectivity index (χ1n) is 9.95. The number of para-hydroxylation sites is 4. The molecule has 1 aliphatic heterocycles. The smallest absolute Gasteiger partial charge is 0.318 e. The van der Waals surface area contributed by atoms with Crippen molar-refractivity contribution in [3.8, 4) is 17.6 Å². The van der Waals surface area contributed by atoms with Crippen molar-refractivity contribution in [3.63, 3.8) is 0 Å². The molecular formula is C25H17N3O4. The standard InChI is InChI=1S/C25H17N3O4/c26-13-17(24-27-18-9-3-4-10-19(18)28-24)20(29)14-31-25(30)23-15-7-1-5-11-21(15)32-22-12-6-2-8-16(22)23/h1-12,23,29H,14H2,(H,27,28)/b20-17+. The molecule has 0 amide bonds. The highest BCUT2D eigenvalue weighted by molar-refractivity contribution is 5.86. The molecule has 0 spiro atoms. The van der Waals surface area contributed by atoms with Gasteiger partial charge in [0, 0.05) is 11.1 Å². The number of aliphatic hydroxyl groups is 1. The quantitative estimate of drug-likeness (QED) is 0.276. The molecule has 32 heavy (non-hydrogen) atoms. The Bertz CT molecular complexity index is 1340. The van der Waals surface area contributed by atoms with E-state index in [1.54, 1.807) is 18.2 Å². The fraction of sp³-hybridized carbons (Fsp3) is 0.0800. The number of aromatic nitrogens is 2. The number of aromatic amines is 1. The van der Waals surface area contributed by atoms with Gasteiger partial charge in [0.05, 0.1) is 11.0 Å². The summed E-state index contributed by atoms with van der Waals surface area (Å²) in [5.41, 5.74) is 2.67. The summed E-state index contributed by atoms with van der Waals surface area (Å²) >= 11 is 0. The Morgan fingerprint density at radius 3 is 2.31 bits per heavy atom. The van der Waals surface area contributed by atoms with Crippen molar-refractivity contribution in [1.82, 2.24) is 9.97 Å². The zero-order valence-electron chi connectivity index (χ0n) is 16.8. The van der Waals surface area contributed by atoms with Gasteiger partial charge in [0.2, 0.25) is 0 Å². The molecule has 0 saturated carbocycles. The SMILES string of the molecule is N#C/C(=C(\O)COC(=O)C1c2ccccc2Oc2ccccc21)c1nc2ccccc2[nH]1. The molecule has 7 heteroatoms. The van der Waals surface area contributed by atoms with Gasteiger partial charge in [-0.2, -0.15) is 5.26 Å². The minimum absolute atomic E-state index is 0.0817. The molecule has 1 aromatic heterocycles. The number of esters is 1. The minimum atomic E-state index is -0.708. The third-order valence-corrected chi connectivity index (χ3v) is 5.29. The van der Waals surface area contributed by atoms with Crippen LogP contribution in [0.15, 0.2) is 78.6 Å². The molecule has 2 N–H and O–H groups in total. The number of carbonyl (C=O) groups is 1. The van der Waals surface area contributed by atoms with Gasteiger partial charge in [-0.05, 0) is 24.3 Å². The molecule has 156 valence electrons. The van der Waals surface area contributed by atoms with Crippen LogP contribution in [0.3, 0.4) is 0 Å². The van der Waals surface area contributed by atoms with E-state index < -0.39 is 18.5 Å². The van der Waals surface area contributed by atoms with Gasteiger partial charge in [0.15, 0.2) is 11.6 Å². The number of aliphatic hydroxyl groups excluding tert-OH is 1. The average molecular weight is 423 g/mol. The number of allylic oxidation sites excluding steroid dienone is 1. The lowest BCUT2D eigenvalue weighted by molar-refractivity contribution is -0.144. The highest BCUT2D eigenvalue weighted by Crippen LogP contribution is 2.44. The summed E-state index contributed by atoms with van der Waals surface area (Å²) in [5, 5.41) is 20.1. The maximum absolute atomic E-state index is 13.1. The topological polar surface area (TPSA) is 108 Å². The molecule has 4 aromatic rings. The molecule has 1 aliphatic rings. The number of hydrogen-bond acceptors (Lipinski definition) is 6. The Kier molecular flexibility index (Phi) is 4.81. The summed E-state index contributed by atoms with van der Waals surface area (Å²) in [6.45, 7) is -0.458. The minimum Gasteiger partial charge on any atom is -0.507 e. The Hall–Kier alpha value is -4.57. The van der Waals surface area contributed by atoms with E-state index in [4.69, 9.17) is 9.47 Å². The largest absolute Gasteiger partial charge is 0.507 e. The van der Waals surface area contributed by atoms with Gasteiger partial charge in [-0.3, -0.25) is 4.79 Å². The highest BCUT2D eigenvalue weighted by atomic mass is 16.5. The monoisotopic (exact) mass is 423 g/mol. The van der Waals surface area contributed by atoms with E-state index in [2.05, 4.69) is 9.97 Å². The number of fused-ring (bicyclic) bond motifs is 3. The summed E-state index contributed by atoms with van der Waals surface area (Å²) in [5.74, 6) is -0.277. The summed E-state index contributed by atoms with van der Waals surface area (Å²) in [6.07, 6.45) is 0. The van der Waals surface area contributed by atoms with Gasteiger partial charge >= 0.3 is 5.97 Å². The van der Waals surface area contributed by atoms with Crippen molar-refractivity contribution >= 4 is 22.6 Å². The second-order valence-electron chi connectivity index (χ2n) is 7.25. The van der Waals surface area contributed by atoms with Crippen molar-refractivity contribution in [2.75, 3.05) is 6.61 Å². The zero-order valence-corrected chi connectivity index (χ0v) is 16.8. The van der Waals surface area contributed by atoms with Crippen LogP contribution in [-0.2, 0) is 9.53 Å². The molecule has 3 aromatic carbocycles. The number of nitrogens with zero attached hydrogens (tertiary/aromatic N) is 2. The second-order valence-corrected chi connectivity index (χ2v) is 7.25. The summed E-state index contributed by atoms with van der Waals surface area (Å²) in [7, 11) is 0. The number of H-pyrrole nitrogens is 1. The van der Waals surface area contributed by atoms with E-state index in [1.807, 2.05) is 60.7 Å². The number of nitrogens with one attached hydrogen (secondary N) is 1. The van der Waals surface area contributed by atoms with Crippen LogP contribution in [0.5, 0.6) is 11.5 Å². The van der Waals surface area contributed by atoms with E-state index in [0.29, 0.717) is 28.1 Å². The summed E-state index contributed by atoms with van der Waals surface area (Å²) in [4.78, 5) is 20.4. The van der Waals surface area contributed by atoms with Crippen LogP contribution in [0, 0.1) is 11.3 Å². The molecule has 0 unspecified atom stereocenters. The Morgan fingerprint density at radius 1 is 1.03 bits per heavy atom. The van der Waals surface area contributed by atoms with Crippen LogP contribution < -0.4 is 4.74 Å². The first-order valence-corrected chi connectivity index (χ1v) is 9.95. The Morgan fingerprint density at radius 2 is 1.66 bits per heavy atom. The molecule has 0 bridgehead atoms. The number of hydrogen-bond donors (Lipinski definition) is 2. The third-order valence-electron chi connectivity index (χ3n) is 5.29. The van der Waals surface area contributed by atoms with Crippen LogP contribution >= 0.6 is 0 Å². The Balaban J connectivity index is 1.43. The lowest BCUT2D eigenvalue weighted by Gasteiger charge is -2.26. The summed E-state index contributed by atoms with van der Waals surface area (Å²) in [6, 6.07) is 23.7. The first-order chi connectivity index (χ1) is 15.7. The molecule has 7 nitrogen and oxygen atoms in total. The lowest BCUT2D eigenvalue weighted by Crippen LogP contribution is -2.22. The van der Waals surface area contributed by atoms with Crippen molar-refractivity contribution in [1.29, 1.82) is 5.26 Å². The number of carbonyl (C=O) groups excluding carboxylic acids is 1. The molecule has 2 heterocycles. The van der Waals surface area contributed by atoms with Crippen molar-refractivity contribution in [3.05, 3.63) is 95.5 Å². The van der Waals surface area contributed by atoms with Gasteiger partial charge in [-0.15, -0.1) is 0 Å². The van der Waals surface area contributed by atoms with Gasteiger partial charge in [-0.25, -0.2) is 4.98 Å². The number of ether oxygens (including phenoxy) is 2. The normalized spacial score (nSPS) is 13.3. The molecule has 0 atom stereocenters. The zero-order chi connectivity index (χ0) is 22.1. The first kappa shape index (κ1) is 19.4. The molecular weight excluding hydrogens is 406 g/mol. The lowest BCUT2D eigenvalue weighted by atomic mass is 9.88. The van der Waals surface area contributed by atoms with E-state index in [9.17, 15) is 15.2 Å². The van der Waals surface area contributed by atoms with Crippen LogP contribution in [0.4, 0.5) is 0 Å².